The molecule has 2 aromatic rings. The van der Waals surface area contributed by atoms with E-state index in [1.807, 2.05) is 55.5 Å². The third kappa shape index (κ3) is 7.82. The van der Waals surface area contributed by atoms with Crippen LogP contribution in [0.2, 0.25) is 5.02 Å². The fraction of sp³-hybridized carbons (Fsp3) is 0.440. The van der Waals surface area contributed by atoms with Gasteiger partial charge < -0.3 is 10.2 Å². The first kappa shape index (κ1) is 25.1. The van der Waals surface area contributed by atoms with Crippen molar-refractivity contribution in [3.8, 4) is 0 Å². The van der Waals surface area contributed by atoms with Crippen LogP contribution in [0, 0.1) is 0 Å². The second-order valence-corrected chi connectivity index (χ2v) is 10.7. The molecule has 2 amide bonds. The molecule has 0 unspecified atom stereocenters. The number of rotatable bonds is 10. The third-order valence-electron chi connectivity index (χ3n) is 5.75. The zero-order chi connectivity index (χ0) is 22.9. The molecule has 1 aliphatic rings. The maximum absolute atomic E-state index is 13.2. The minimum atomic E-state index is -0.504. The Kier molecular flexibility index (Phi) is 9.94. The first-order valence-corrected chi connectivity index (χ1v) is 13.3. The van der Waals surface area contributed by atoms with Crippen LogP contribution in [0.25, 0.3) is 0 Å². The topological polar surface area (TPSA) is 49.4 Å². The molecule has 1 aliphatic carbocycles. The lowest BCUT2D eigenvalue weighted by Gasteiger charge is -2.30. The van der Waals surface area contributed by atoms with E-state index in [4.69, 9.17) is 11.6 Å². The number of hydrogen-bond donors (Lipinski definition) is 1. The molecule has 0 heterocycles. The number of carbonyl (C=O) groups is 2. The number of nitrogens with one attached hydrogen (secondary N) is 1. The van der Waals surface area contributed by atoms with Crippen molar-refractivity contribution in [2.45, 2.75) is 69.0 Å². The van der Waals surface area contributed by atoms with Crippen molar-refractivity contribution >= 4 is 51.1 Å². The van der Waals surface area contributed by atoms with E-state index in [1.165, 1.54) is 0 Å². The molecule has 3 rings (SSSR count). The predicted octanol–water partition coefficient (Wildman–Crippen LogP) is 6.45. The molecule has 0 radical (unpaired) electrons. The molecule has 1 N–H and O–H groups in total. The number of halogens is 2. The Balaban J connectivity index is 1.59. The van der Waals surface area contributed by atoms with Crippen molar-refractivity contribution < 1.29 is 9.59 Å². The first-order chi connectivity index (χ1) is 15.4. The summed E-state index contributed by atoms with van der Waals surface area (Å²) in [5, 5.41) is 3.87. The highest BCUT2D eigenvalue weighted by Crippen LogP contribution is 2.23. The maximum Gasteiger partial charge on any atom is 0.242 e. The molecular formula is C25H30BrClN2O2S. The van der Waals surface area contributed by atoms with Gasteiger partial charge in [-0.05, 0) is 73.9 Å². The van der Waals surface area contributed by atoms with Crippen molar-refractivity contribution in [1.82, 2.24) is 10.2 Å². The van der Waals surface area contributed by atoms with Crippen molar-refractivity contribution in [3.63, 3.8) is 0 Å². The van der Waals surface area contributed by atoms with Crippen LogP contribution >= 0.6 is 39.3 Å². The lowest BCUT2D eigenvalue weighted by molar-refractivity contribution is -0.140. The van der Waals surface area contributed by atoms with Crippen LogP contribution in [-0.2, 0) is 16.1 Å². The summed E-state index contributed by atoms with van der Waals surface area (Å²) in [5.74, 6) is 0.791. The van der Waals surface area contributed by atoms with Crippen molar-refractivity contribution in [1.29, 1.82) is 0 Å². The van der Waals surface area contributed by atoms with E-state index in [-0.39, 0.29) is 17.9 Å². The Morgan fingerprint density at radius 3 is 2.44 bits per heavy atom. The molecule has 1 saturated carbocycles. The lowest BCUT2D eigenvalue weighted by atomic mass is 10.1. The Bertz CT molecular complexity index is 886. The number of hydrogen-bond acceptors (Lipinski definition) is 3. The average Bonchev–Trinajstić information content (AvgIpc) is 3.30. The van der Waals surface area contributed by atoms with Gasteiger partial charge >= 0.3 is 0 Å². The van der Waals surface area contributed by atoms with Gasteiger partial charge in [0.1, 0.15) is 6.04 Å². The molecule has 7 heteroatoms. The fourth-order valence-electron chi connectivity index (χ4n) is 3.85. The van der Waals surface area contributed by atoms with E-state index in [0.29, 0.717) is 13.0 Å². The SMILES string of the molecule is C[C@@H](C(=O)NC1CCCC1)N(Cc1ccc(Br)cc1)C(=O)CCCSc1ccc(Cl)cc1. The molecule has 0 bridgehead atoms. The summed E-state index contributed by atoms with van der Waals surface area (Å²) in [4.78, 5) is 28.9. The molecule has 2 aromatic carbocycles. The van der Waals surface area contributed by atoms with Crippen LogP contribution in [0.1, 0.15) is 51.0 Å². The van der Waals surface area contributed by atoms with Crippen LogP contribution in [0.4, 0.5) is 0 Å². The Morgan fingerprint density at radius 2 is 1.78 bits per heavy atom. The van der Waals surface area contributed by atoms with Gasteiger partial charge in [0.25, 0.3) is 0 Å². The van der Waals surface area contributed by atoms with Gasteiger partial charge in [-0.1, -0.05) is 52.5 Å². The Hall–Kier alpha value is -1.50. The summed E-state index contributed by atoms with van der Waals surface area (Å²) in [6.45, 7) is 2.26. The van der Waals surface area contributed by atoms with Crippen LogP contribution < -0.4 is 5.32 Å². The number of nitrogens with zero attached hydrogens (tertiary/aromatic N) is 1. The highest BCUT2D eigenvalue weighted by Gasteiger charge is 2.28. The number of carbonyl (C=O) groups excluding carboxylic acids is 2. The van der Waals surface area contributed by atoms with Crippen molar-refractivity contribution in [3.05, 3.63) is 63.6 Å². The monoisotopic (exact) mass is 536 g/mol. The zero-order valence-electron chi connectivity index (χ0n) is 18.4. The fourth-order valence-corrected chi connectivity index (χ4v) is 5.09. The zero-order valence-corrected chi connectivity index (χ0v) is 21.5. The van der Waals surface area contributed by atoms with E-state index in [9.17, 15) is 9.59 Å². The van der Waals surface area contributed by atoms with Gasteiger partial charge in [0.15, 0.2) is 0 Å². The summed E-state index contributed by atoms with van der Waals surface area (Å²) in [5.41, 5.74) is 1.01. The molecule has 1 fully saturated rings. The van der Waals surface area contributed by atoms with Crippen molar-refractivity contribution in [2.24, 2.45) is 0 Å². The minimum Gasteiger partial charge on any atom is -0.352 e. The van der Waals surface area contributed by atoms with E-state index < -0.39 is 6.04 Å². The number of benzene rings is 2. The average molecular weight is 538 g/mol. The Morgan fingerprint density at radius 1 is 1.12 bits per heavy atom. The summed E-state index contributed by atoms with van der Waals surface area (Å²) >= 11 is 11.1. The number of amides is 2. The van der Waals surface area contributed by atoms with Gasteiger partial charge in [-0.15, -0.1) is 11.8 Å². The molecular weight excluding hydrogens is 508 g/mol. The smallest absolute Gasteiger partial charge is 0.242 e. The summed E-state index contributed by atoms with van der Waals surface area (Å²) in [6.07, 6.45) is 5.54. The molecule has 0 saturated heterocycles. The third-order valence-corrected chi connectivity index (χ3v) is 7.63. The normalized spacial score (nSPS) is 14.8. The molecule has 4 nitrogen and oxygen atoms in total. The molecule has 32 heavy (non-hydrogen) atoms. The highest BCUT2D eigenvalue weighted by molar-refractivity contribution is 9.10. The summed E-state index contributed by atoms with van der Waals surface area (Å²) < 4.78 is 0.991. The quantitative estimate of drug-likeness (QED) is 0.280. The molecule has 0 aromatic heterocycles. The van der Waals surface area contributed by atoms with Gasteiger partial charge in [-0.3, -0.25) is 9.59 Å². The van der Waals surface area contributed by atoms with Crippen LogP contribution in [0.5, 0.6) is 0 Å². The van der Waals surface area contributed by atoms with E-state index in [0.717, 1.165) is 57.8 Å². The minimum absolute atomic E-state index is 0.0127. The second-order valence-electron chi connectivity index (χ2n) is 8.22. The molecule has 172 valence electrons. The molecule has 0 aliphatic heterocycles. The van der Waals surface area contributed by atoms with Crippen LogP contribution in [0.15, 0.2) is 57.9 Å². The van der Waals surface area contributed by atoms with Gasteiger partial charge in [-0.2, -0.15) is 0 Å². The highest BCUT2D eigenvalue weighted by atomic mass is 79.9. The maximum atomic E-state index is 13.2. The van der Waals surface area contributed by atoms with Crippen molar-refractivity contribution in [2.75, 3.05) is 5.75 Å². The van der Waals surface area contributed by atoms with Gasteiger partial charge in [0.2, 0.25) is 11.8 Å². The lowest BCUT2D eigenvalue weighted by Crippen LogP contribution is -2.49. The number of thioether (sulfide) groups is 1. The van der Waals surface area contributed by atoms with Gasteiger partial charge in [0.05, 0.1) is 0 Å². The first-order valence-electron chi connectivity index (χ1n) is 11.1. The molecule has 0 spiro atoms. The summed E-state index contributed by atoms with van der Waals surface area (Å²) in [6, 6.07) is 15.4. The second kappa shape index (κ2) is 12.7. The standard InChI is InChI=1S/C25H30BrClN2O2S/c1-18(25(31)28-22-5-2-3-6-22)29(17-19-8-10-20(26)11-9-19)24(30)7-4-16-32-23-14-12-21(27)13-15-23/h8-15,18,22H,2-7,16-17H2,1H3,(H,28,31)/t18-/m0/s1. The summed E-state index contributed by atoms with van der Waals surface area (Å²) in [7, 11) is 0. The van der Waals surface area contributed by atoms with E-state index in [1.54, 1.807) is 16.7 Å². The van der Waals surface area contributed by atoms with Gasteiger partial charge in [-0.25, -0.2) is 0 Å². The molecule has 1 atom stereocenters. The van der Waals surface area contributed by atoms with Gasteiger partial charge in [0, 0.05) is 33.4 Å². The van der Waals surface area contributed by atoms with Crippen LogP contribution in [-0.4, -0.2) is 34.6 Å². The Labute approximate surface area is 208 Å². The largest absolute Gasteiger partial charge is 0.352 e. The predicted molar refractivity (Wildman–Crippen MR) is 136 cm³/mol. The van der Waals surface area contributed by atoms with Crippen LogP contribution in [0.3, 0.4) is 0 Å². The van der Waals surface area contributed by atoms with E-state index >= 15 is 0 Å². The van der Waals surface area contributed by atoms with E-state index in [2.05, 4.69) is 21.2 Å².